The lowest BCUT2D eigenvalue weighted by Gasteiger charge is -2.19. The first-order valence-electron chi connectivity index (χ1n) is 11.7. The van der Waals surface area contributed by atoms with Gasteiger partial charge in [0.05, 0.1) is 6.54 Å². The molecule has 0 aliphatic heterocycles. The van der Waals surface area contributed by atoms with Crippen LogP contribution in [0.15, 0.2) is 48.5 Å². The minimum Gasteiger partial charge on any atom is -0.481 e. The number of carbonyl (C=O) groups excluding carboxylic acids is 2. The van der Waals surface area contributed by atoms with Gasteiger partial charge in [0.15, 0.2) is 0 Å². The summed E-state index contributed by atoms with van der Waals surface area (Å²) in [5.41, 5.74) is 4.10. The minimum atomic E-state index is -3.81. The van der Waals surface area contributed by atoms with Gasteiger partial charge in [-0.2, -0.15) is 8.78 Å². The molecule has 1 unspecified atom stereocenters. The third-order valence-electron chi connectivity index (χ3n) is 6.31. The van der Waals surface area contributed by atoms with Gasteiger partial charge in [0.25, 0.3) is 5.91 Å². The van der Waals surface area contributed by atoms with Crippen LogP contribution in [0, 0.1) is 5.92 Å². The molecule has 0 heterocycles. The number of carboxylic acid groups (broad SMARTS) is 1. The Morgan fingerprint density at radius 1 is 1.00 bits per heavy atom. The highest BCUT2D eigenvalue weighted by Crippen LogP contribution is 2.44. The van der Waals surface area contributed by atoms with Gasteiger partial charge >= 0.3 is 18.0 Å². The molecule has 2 aromatic carbocycles. The van der Waals surface area contributed by atoms with Crippen LogP contribution in [-0.2, 0) is 14.3 Å². The number of alkyl carbamates (subject to hydrolysis) is 1. The molecule has 2 amide bonds. The van der Waals surface area contributed by atoms with Gasteiger partial charge in [0, 0.05) is 18.9 Å². The number of rotatable bonds is 12. The SMILES string of the molecule is CCC(CCNC(=O)C(F)(F)CNC(=O)OCC1c2ccccc2-c2ccccc21)CCC(=O)O. The molecule has 3 N–H and O–H groups in total. The molecule has 0 saturated heterocycles. The van der Waals surface area contributed by atoms with Gasteiger partial charge < -0.3 is 20.5 Å². The fourth-order valence-corrected chi connectivity index (χ4v) is 4.31. The zero-order chi connectivity index (χ0) is 25.4. The van der Waals surface area contributed by atoms with Crippen LogP contribution in [0.5, 0.6) is 0 Å². The van der Waals surface area contributed by atoms with Crippen LogP contribution in [-0.4, -0.2) is 48.7 Å². The van der Waals surface area contributed by atoms with Crippen LogP contribution in [0.3, 0.4) is 0 Å². The smallest absolute Gasteiger partial charge is 0.407 e. The molecule has 0 radical (unpaired) electrons. The number of benzene rings is 2. The molecular formula is C26H30F2N2O5. The first-order valence-corrected chi connectivity index (χ1v) is 11.7. The lowest BCUT2D eigenvalue weighted by molar-refractivity contribution is -0.144. The number of carboxylic acids is 1. The van der Waals surface area contributed by atoms with E-state index in [9.17, 15) is 23.2 Å². The molecule has 0 fully saturated rings. The zero-order valence-corrected chi connectivity index (χ0v) is 19.6. The van der Waals surface area contributed by atoms with Crippen LogP contribution in [0.1, 0.15) is 49.7 Å². The molecule has 2 aromatic rings. The molecule has 1 atom stereocenters. The first-order chi connectivity index (χ1) is 16.7. The Labute approximate surface area is 202 Å². The maximum Gasteiger partial charge on any atom is 0.407 e. The van der Waals surface area contributed by atoms with Crippen molar-refractivity contribution in [3.63, 3.8) is 0 Å². The molecule has 188 valence electrons. The highest BCUT2D eigenvalue weighted by molar-refractivity contribution is 5.84. The summed E-state index contributed by atoms with van der Waals surface area (Å²) in [4.78, 5) is 34.7. The number of halogens is 2. The third-order valence-corrected chi connectivity index (χ3v) is 6.31. The number of aliphatic carboxylic acids is 1. The van der Waals surface area contributed by atoms with E-state index in [0.29, 0.717) is 19.3 Å². The van der Waals surface area contributed by atoms with E-state index in [0.717, 1.165) is 22.3 Å². The van der Waals surface area contributed by atoms with Crippen molar-refractivity contribution in [3.8, 4) is 11.1 Å². The van der Waals surface area contributed by atoms with Crippen molar-refractivity contribution in [2.24, 2.45) is 5.92 Å². The molecule has 9 heteroatoms. The summed E-state index contributed by atoms with van der Waals surface area (Å²) in [6.45, 7) is 0.664. The molecule has 0 aromatic heterocycles. The Balaban J connectivity index is 1.45. The Morgan fingerprint density at radius 3 is 2.17 bits per heavy atom. The van der Waals surface area contributed by atoms with Crippen LogP contribution >= 0.6 is 0 Å². The summed E-state index contributed by atoms with van der Waals surface area (Å²) in [5.74, 6) is -6.42. The quantitative estimate of drug-likeness (QED) is 0.406. The highest BCUT2D eigenvalue weighted by Gasteiger charge is 2.39. The number of carbonyl (C=O) groups is 3. The van der Waals surface area contributed by atoms with E-state index in [-0.39, 0.29) is 31.4 Å². The number of ether oxygens (including phenoxy) is 1. The largest absolute Gasteiger partial charge is 0.481 e. The second-order valence-corrected chi connectivity index (χ2v) is 8.63. The average molecular weight is 489 g/mol. The normalized spacial score (nSPS) is 13.5. The fraction of sp³-hybridized carbons (Fsp3) is 0.423. The fourth-order valence-electron chi connectivity index (χ4n) is 4.31. The zero-order valence-electron chi connectivity index (χ0n) is 19.6. The summed E-state index contributed by atoms with van der Waals surface area (Å²) in [6.07, 6.45) is 0.460. The molecule has 1 aliphatic rings. The van der Waals surface area contributed by atoms with Crippen molar-refractivity contribution in [2.75, 3.05) is 19.7 Å². The van der Waals surface area contributed by atoms with E-state index in [1.165, 1.54) is 0 Å². The molecule has 0 spiro atoms. The number of nitrogens with one attached hydrogen (secondary N) is 2. The topological polar surface area (TPSA) is 105 Å². The monoisotopic (exact) mass is 488 g/mol. The van der Waals surface area contributed by atoms with E-state index < -0.39 is 30.4 Å². The Hall–Kier alpha value is -3.49. The van der Waals surface area contributed by atoms with Crippen molar-refractivity contribution in [3.05, 3.63) is 59.7 Å². The summed E-state index contributed by atoms with van der Waals surface area (Å²) < 4.78 is 33.7. The molecule has 0 bridgehead atoms. The second-order valence-electron chi connectivity index (χ2n) is 8.63. The van der Waals surface area contributed by atoms with Crippen molar-refractivity contribution in [1.82, 2.24) is 10.6 Å². The van der Waals surface area contributed by atoms with Gasteiger partial charge in [-0.05, 0) is 41.0 Å². The molecule has 3 rings (SSSR count). The van der Waals surface area contributed by atoms with Gasteiger partial charge in [-0.25, -0.2) is 4.79 Å². The van der Waals surface area contributed by atoms with Crippen molar-refractivity contribution in [1.29, 1.82) is 0 Å². The van der Waals surface area contributed by atoms with Gasteiger partial charge in [-0.3, -0.25) is 9.59 Å². The van der Waals surface area contributed by atoms with Crippen LogP contribution in [0.2, 0.25) is 0 Å². The predicted molar refractivity (Wildman–Crippen MR) is 126 cm³/mol. The lowest BCUT2D eigenvalue weighted by atomic mass is 9.96. The standard InChI is InChI=1S/C26H30F2N2O5/c1-2-17(11-12-23(31)32)13-14-29-24(33)26(27,28)16-30-25(34)35-15-22-20-9-5-3-7-18(20)19-8-4-6-10-21(19)22/h3-10,17,22H,2,11-16H2,1H3,(H,29,33)(H,30,34)(H,31,32). The van der Waals surface area contributed by atoms with Gasteiger partial charge in [-0.1, -0.05) is 61.9 Å². The second kappa shape index (κ2) is 11.8. The summed E-state index contributed by atoms with van der Waals surface area (Å²) in [5, 5.41) is 12.9. The number of hydrogen-bond donors (Lipinski definition) is 3. The molecule has 35 heavy (non-hydrogen) atoms. The highest BCUT2D eigenvalue weighted by atomic mass is 19.3. The molecule has 0 saturated carbocycles. The number of amides is 2. The number of fused-ring (bicyclic) bond motifs is 3. The Morgan fingerprint density at radius 2 is 1.60 bits per heavy atom. The Bertz CT molecular complexity index is 1010. The van der Waals surface area contributed by atoms with Gasteiger partial charge in [0.2, 0.25) is 0 Å². The van der Waals surface area contributed by atoms with Crippen LogP contribution in [0.25, 0.3) is 11.1 Å². The number of alkyl halides is 2. The van der Waals surface area contributed by atoms with E-state index in [1.807, 2.05) is 60.8 Å². The van der Waals surface area contributed by atoms with Crippen LogP contribution in [0.4, 0.5) is 13.6 Å². The maximum absolute atomic E-state index is 14.2. The first kappa shape index (κ1) is 26.1. The maximum atomic E-state index is 14.2. The van der Waals surface area contributed by atoms with E-state index in [4.69, 9.17) is 9.84 Å². The Kier molecular flexibility index (Phi) is 8.78. The van der Waals surface area contributed by atoms with Gasteiger partial charge in [0.1, 0.15) is 6.61 Å². The minimum absolute atomic E-state index is 0.00249. The summed E-state index contributed by atoms with van der Waals surface area (Å²) in [7, 11) is 0. The van der Waals surface area contributed by atoms with E-state index >= 15 is 0 Å². The molecule has 1 aliphatic carbocycles. The summed E-state index contributed by atoms with van der Waals surface area (Å²) in [6, 6.07) is 15.5. The number of hydrogen-bond acceptors (Lipinski definition) is 4. The van der Waals surface area contributed by atoms with E-state index in [2.05, 4.69) is 5.32 Å². The molecule has 7 nitrogen and oxygen atoms in total. The van der Waals surface area contributed by atoms with Crippen LogP contribution < -0.4 is 10.6 Å². The lowest BCUT2D eigenvalue weighted by Crippen LogP contribution is -2.48. The summed E-state index contributed by atoms with van der Waals surface area (Å²) >= 11 is 0. The van der Waals surface area contributed by atoms with Crippen molar-refractivity contribution in [2.45, 2.75) is 44.4 Å². The molecular weight excluding hydrogens is 458 g/mol. The van der Waals surface area contributed by atoms with Crippen molar-refractivity contribution >= 4 is 18.0 Å². The average Bonchev–Trinajstić information content (AvgIpc) is 3.17. The predicted octanol–water partition coefficient (Wildman–Crippen LogP) is 4.56. The van der Waals surface area contributed by atoms with Gasteiger partial charge in [-0.15, -0.1) is 0 Å². The van der Waals surface area contributed by atoms with Crippen molar-refractivity contribution < 1.29 is 33.0 Å². The van der Waals surface area contributed by atoms with E-state index in [1.54, 1.807) is 0 Å². The third kappa shape index (κ3) is 6.77.